The number of benzene rings is 2. The molecule has 0 spiro atoms. The molecule has 0 unspecified atom stereocenters. The molecule has 3 heterocycles. The summed E-state index contributed by atoms with van der Waals surface area (Å²) in [5.41, 5.74) is 2.80. The van der Waals surface area contributed by atoms with Gasteiger partial charge in [0, 0.05) is 10.6 Å². The second-order valence-corrected chi connectivity index (χ2v) is 6.85. The lowest BCUT2D eigenvalue weighted by molar-refractivity contribution is 0.628. The zero-order valence-corrected chi connectivity index (χ0v) is 14.3. The molecule has 25 heavy (non-hydrogen) atoms. The number of halogens is 1. The van der Waals surface area contributed by atoms with Crippen molar-refractivity contribution in [1.82, 2.24) is 34.8 Å². The topological polar surface area (TPSA) is 73.8 Å². The number of aromatic nitrogens is 7. The number of hydrogen-bond donors (Lipinski definition) is 0. The molecule has 0 bridgehead atoms. The molecule has 0 amide bonds. The molecule has 122 valence electrons. The van der Waals surface area contributed by atoms with Gasteiger partial charge >= 0.3 is 0 Å². The Bertz CT molecular complexity index is 1190. The van der Waals surface area contributed by atoms with Gasteiger partial charge < -0.3 is 0 Å². The van der Waals surface area contributed by atoms with Crippen molar-refractivity contribution in [2.24, 2.45) is 0 Å². The number of hydrogen-bond acceptors (Lipinski definition) is 6. The Hall–Kier alpha value is -2.84. The highest BCUT2D eigenvalue weighted by molar-refractivity contribution is 7.19. The summed E-state index contributed by atoms with van der Waals surface area (Å²) in [6, 6.07) is 15.4. The Morgan fingerprint density at radius 2 is 1.80 bits per heavy atom. The minimum atomic E-state index is 0.450. The standard InChI is InChI=1S/C16H10ClN7S/c17-11-7-5-10(6-8-11)15-21-24-14(19-20-16(24)25-15)9-23-13-4-2-1-3-12(13)18-22-23/h1-8H,9H2. The van der Waals surface area contributed by atoms with Crippen molar-refractivity contribution in [2.75, 3.05) is 0 Å². The van der Waals surface area contributed by atoms with Gasteiger partial charge in [0.15, 0.2) is 5.82 Å². The Labute approximate surface area is 150 Å². The molecule has 0 aliphatic rings. The van der Waals surface area contributed by atoms with Gasteiger partial charge in [0.1, 0.15) is 17.1 Å². The van der Waals surface area contributed by atoms with Crippen molar-refractivity contribution in [3.05, 3.63) is 59.4 Å². The molecule has 0 fully saturated rings. The molecule has 3 aromatic heterocycles. The van der Waals surface area contributed by atoms with Crippen LogP contribution in [0.1, 0.15) is 5.82 Å². The molecule has 0 aliphatic carbocycles. The summed E-state index contributed by atoms with van der Waals surface area (Å²) in [4.78, 5) is 0.740. The van der Waals surface area contributed by atoms with Crippen molar-refractivity contribution >= 4 is 38.9 Å². The predicted molar refractivity (Wildman–Crippen MR) is 95.7 cm³/mol. The molecule has 0 aliphatic heterocycles. The highest BCUT2D eigenvalue weighted by Crippen LogP contribution is 2.26. The molecule has 0 saturated carbocycles. The van der Waals surface area contributed by atoms with E-state index in [-0.39, 0.29) is 0 Å². The molecule has 0 saturated heterocycles. The summed E-state index contributed by atoms with van der Waals surface area (Å²) in [5, 5.41) is 23.0. The number of nitrogens with zero attached hydrogens (tertiary/aromatic N) is 7. The first-order valence-electron chi connectivity index (χ1n) is 7.53. The van der Waals surface area contributed by atoms with E-state index in [0.29, 0.717) is 17.4 Å². The Kier molecular flexibility index (Phi) is 3.25. The first kappa shape index (κ1) is 14.5. The van der Waals surface area contributed by atoms with E-state index in [0.717, 1.165) is 26.6 Å². The lowest BCUT2D eigenvalue weighted by Gasteiger charge is -1.99. The molecular weight excluding hydrogens is 358 g/mol. The zero-order chi connectivity index (χ0) is 16.8. The molecule has 0 N–H and O–H groups in total. The van der Waals surface area contributed by atoms with Crippen LogP contribution in [0.5, 0.6) is 0 Å². The fraction of sp³-hybridized carbons (Fsp3) is 0.0625. The summed E-state index contributed by atoms with van der Waals surface area (Å²) in [5.74, 6) is 0.710. The highest BCUT2D eigenvalue weighted by atomic mass is 35.5. The fourth-order valence-corrected chi connectivity index (χ4v) is 3.62. The smallest absolute Gasteiger partial charge is 0.235 e. The number of fused-ring (bicyclic) bond motifs is 2. The van der Waals surface area contributed by atoms with E-state index >= 15 is 0 Å². The van der Waals surface area contributed by atoms with Gasteiger partial charge in [-0.15, -0.1) is 15.3 Å². The van der Waals surface area contributed by atoms with Crippen LogP contribution in [0.4, 0.5) is 0 Å². The monoisotopic (exact) mass is 367 g/mol. The average Bonchev–Trinajstić information content (AvgIpc) is 3.32. The van der Waals surface area contributed by atoms with E-state index in [1.54, 1.807) is 9.20 Å². The molecular formula is C16H10ClN7S. The van der Waals surface area contributed by atoms with Crippen molar-refractivity contribution < 1.29 is 0 Å². The molecule has 0 radical (unpaired) electrons. The maximum atomic E-state index is 5.95. The summed E-state index contributed by atoms with van der Waals surface area (Å²) >= 11 is 7.43. The Balaban J connectivity index is 1.55. The predicted octanol–water partition coefficient (Wildman–Crippen LogP) is 3.30. The van der Waals surface area contributed by atoms with Crippen LogP contribution in [-0.4, -0.2) is 34.8 Å². The van der Waals surface area contributed by atoms with Crippen LogP contribution in [0.25, 0.3) is 26.6 Å². The molecule has 5 rings (SSSR count). The van der Waals surface area contributed by atoms with E-state index in [1.807, 2.05) is 48.5 Å². The minimum Gasteiger partial charge on any atom is -0.237 e. The van der Waals surface area contributed by atoms with Gasteiger partial charge in [-0.3, -0.25) is 0 Å². The Morgan fingerprint density at radius 1 is 0.960 bits per heavy atom. The third-order valence-electron chi connectivity index (χ3n) is 3.86. The first-order chi connectivity index (χ1) is 12.3. The Morgan fingerprint density at radius 3 is 2.68 bits per heavy atom. The normalized spacial score (nSPS) is 11.6. The van der Waals surface area contributed by atoms with Crippen molar-refractivity contribution in [1.29, 1.82) is 0 Å². The van der Waals surface area contributed by atoms with E-state index in [1.165, 1.54) is 11.3 Å². The van der Waals surface area contributed by atoms with Gasteiger partial charge in [-0.05, 0) is 24.3 Å². The second kappa shape index (κ2) is 5.61. The third kappa shape index (κ3) is 2.46. The minimum absolute atomic E-state index is 0.450. The third-order valence-corrected chi connectivity index (χ3v) is 5.06. The van der Waals surface area contributed by atoms with Crippen molar-refractivity contribution in [3.8, 4) is 10.6 Å². The van der Waals surface area contributed by atoms with Gasteiger partial charge in [0.05, 0.1) is 5.52 Å². The SMILES string of the molecule is Clc1ccc(-c2nn3c(Cn4nnc5ccccc54)nnc3s2)cc1. The summed E-state index contributed by atoms with van der Waals surface area (Å²) in [6.45, 7) is 0.450. The quantitative estimate of drug-likeness (QED) is 0.489. The fourth-order valence-electron chi connectivity index (χ4n) is 2.63. The molecule has 5 aromatic rings. The lowest BCUT2D eigenvalue weighted by atomic mass is 10.2. The van der Waals surface area contributed by atoms with Crippen molar-refractivity contribution in [2.45, 2.75) is 6.54 Å². The second-order valence-electron chi connectivity index (χ2n) is 5.46. The zero-order valence-electron chi connectivity index (χ0n) is 12.7. The van der Waals surface area contributed by atoms with E-state index < -0.39 is 0 Å². The van der Waals surface area contributed by atoms with Crippen LogP contribution in [-0.2, 0) is 6.54 Å². The number of para-hydroxylation sites is 1. The first-order valence-corrected chi connectivity index (χ1v) is 8.73. The highest BCUT2D eigenvalue weighted by Gasteiger charge is 2.15. The largest absolute Gasteiger partial charge is 0.237 e. The summed E-state index contributed by atoms with van der Waals surface area (Å²) < 4.78 is 3.55. The van der Waals surface area contributed by atoms with Crippen LogP contribution in [0.15, 0.2) is 48.5 Å². The maximum absolute atomic E-state index is 5.95. The molecule has 2 aromatic carbocycles. The van der Waals surface area contributed by atoms with Gasteiger partial charge in [-0.25, -0.2) is 4.68 Å². The van der Waals surface area contributed by atoms with E-state index in [9.17, 15) is 0 Å². The molecule has 0 atom stereocenters. The average molecular weight is 368 g/mol. The number of rotatable bonds is 3. The van der Waals surface area contributed by atoms with E-state index in [4.69, 9.17) is 11.6 Å². The van der Waals surface area contributed by atoms with Gasteiger partial charge in [0.2, 0.25) is 4.96 Å². The van der Waals surface area contributed by atoms with Gasteiger partial charge in [-0.2, -0.15) is 9.61 Å². The van der Waals surface area contributed by atoms with Crippen LogP contribution < -0.4 is 0 Å². The lowest BCUT2D eigenvalue weighted by Crippen LogP contribution is -2.06. The van der Waals surface area contributed by atoms with Crippen LogP contribution in [0.3, 0.4) is 0 Å². The van der Waals surface area contributed by atoms with Gasteiger partial charge in [0.25, 0.3) is 0 Å². The molecule has 9 heteroatoms. The van der Waals surface area contributed by atoms with Crippen LogP contribution >= 0.6 is 22.9 Å². The van der Waals surface area contributed by atoms with Gasteiger partial charge in [-0.1, -0.05) is 52.4 Å². The summed E-state index contributed by atoms with van der Waals surface area (Å²) in [6.07, 6.45) is 0. The van der Waals surface area contributed by atoms with Crippen LogP contribution in [0, 0.1) is 0 Å². The van der Waals surface area contributed by atoms with E-state index in [2.05, 4.69) is 25.6 Å². The molecule has 7 nitrogen and oxygen atoms in total. The van der Waals surface area contributed by atoms with Crippen LogP contribution in [0.2, 0.25) is 5.02 Å². The summed E-state index contributed by atoms with van der Waals surface area (Å²) in [7, 11) is 0. The maximum Gasteiger partial charge on any atom is 0.235 e. The van der Waals surface area contributed by atoms with Crippen molar-refractivity contribution in [3.63, 3.8) is 0 Å².